The fourth-order valence-electron chi connectivity index (χ4n) is 2.67. The van der Waals surface area contributed by atoms with Gasteiger partial charge in [-0.2, -0.15) is 0 Å². The van der Waals surface area contributed by atoms with Crippen molar-refractivity contribution in [2.45, 2.75) is 26.3 Å². The van der Waals surface area contributed by atoms with Crippen molar-refractivity contribution in [3.8, 4) is 0 Å². The number of halogens is 1. The fraction of sp³-hybridized carbons (Fsp3) is 0.286. The minimum absolute atomic E-state index is 0. The van der Waals surface area contributed by atoms with Gasteiger partial charge in [0.2, 0.25) is 11.8 Å². The lowest BCUT2D eigenvalue weighted by Gasteiger charge is -2.15. The van der Waals surface area contributed by atoms with Crippen LogP contribution in [0, 0.1) is 5.92 Å². The molecule has 1 aromatic heterocycles. The molecule has 3 aromatic rings. The van der Waals surface area contributed by atoms with E-state index in [2.05, 4.69) is 21.7 Å². The number of para-hydroxylation sites is 1. The maximum Gasteiger partial charge on any atom is 0.243 e. The molecule has 0 aliphatic heterocycles. The molecule has 2 aromatic carbocycles. The van der Waals surface area contributed by atoms with Gasteiger partial charge in [-0.25, -0.2) is 4.98 Å². The summed E-state index contributed by atoms with van der Waals surface area (Å²) in [4.78, 5) is 28.5. The Labute approximate surface area is 180 Å². The topological polar surface area (TPSA) is 97.1 Å². The average Bonchev–Trinajstić information content (AvgIpc) is 3.09. The molecule has 154 valence electrons. The number of benzene rings is 2. The van der Waals surface area contributed by atoms with Crippen LogP contribution in [0.4, 0.5) is 5.69 Å². The molecular weight excluding hydrogens is 408 g/mol. The van der Waals surface area contributed by atoms with Gasteiger partial charge in [0.15, 0.2) is 0 Å². The maximum absolute atomic E-state index is 12.0. The zero-order valence-corrected chi connectivity index (χ0v) is 18.0. The Hall–Kier alpha value is -2.48. The van der Waals surface area contributed by atoms with Crippen molar-refractivity contribution < 1.29 is 9.59 Å². The molecule has 0 unspecified atom stereocenters. The Balaban J connectivity index is 0.00000300. The van der Waals surface area contributed by atoms with E-state index in [1.807, 2.05) is 56.3 Å². The van der Waals surface area contributed by atoms with Crippen molar-refractivity contribution in [1.82, 2.24) is 10.3 Å². The van der Waals surface area contributed by atoms with E-state index in [4.69, 9.17) is 5.73 Å². The number of aromatic nitrogens is 1. The number of fused-ring (bicyclic) bond motifs is 1. The molecule has 2 amide bonds. The number of carbonyl (C=O) groups is 2. The Morgan fingerprint density at radius 2 is 1.79 bits per heavy atom. The molecule has 0 saturated carbocycles. The van der Waals surface area contributed by atoms with Gasteiger partial charge in [0, 0.05) is 12.1 Å². The smallest absolute Gasteiger partial charge is 0.243 e. The highest BCUT2D eigenvalue weighted by molar-refractivity contribution is 7.18. The summed E-state index contributed by atoms with van der Waals surface area (Å²) >= 11 is 1.69. The quantitative estimate of drug-likeness (QED) is 0.533. The summed E-state index contributed by atoms with van der Waals surface area (Å²) in [5.41, 5.74) is 8.57. The van der Waals surface area contributed by atoms with Crippen LogP contribution in [0.3, 0.4) is 0 Å². The number of anilines is 1. The summed E-state index contributed by atoms with van der Waals surface area (Å²) in [6, 6.07) is 15.1. The SMILES string of the molecule is CC(C)[C@H](N)C(=O)NCC(=O)Nc1ccc(Cc2nc3ccccc3s2)cc1.Cl. The minimum atomic E-state index is -0.616. The van der Waals surface area contributed by atoms with Gasteiger partial charge in [-0.05, 0) is 35.7 Å². The number of hydrogen-bond donors (Lipinski definition) is 3. The van der Waals surface area contributed by atoms with E-state index in [9.17, 15) is 9.59 Å². The third kappa shape index (κ3) is 6.25. The van der Waals surface area contributed by atoms with Gasteiger partial charge >= 0.3 is 0 Å². The van der Waals surface area contributed by atoms with Crippen LogP contribution >= 0.6 is 23.7 Å². The summed E-state index contributed by atoms with van der Waals surface area (Å²) in [6.45, 7) is 3.62. The molecule has 1 atom stereocenters. The van der Waals surface area contributed by atoms with Crippen molar-refractivity contribution >= 4 is 51.5 Å². The first-order valence-electron chi connectivity index (χ1n) is 9.19. The summed E-state index contributed by atoms with van der Waals surface area (Å²) in [5, 5.41) is 6.39. The third-order valence-electron chi connectivity index (χ3n) is 4.38. The van der Waals surface area contributed by atoms with Crippen LogP contribution in [0.15, 0.2) is 48.5 Å². The number of carbonyl (C=O) groups excluding carboxylic acids is 2. The van der Waals surface area contributed by atoms with Gasteiger partial charge in [-0.15, -0.1) is 23.7 Å². The minimum Gasteiger partial charge on any atom is -0.346 e. The first-order valence-corrected chi connectivity index (χ1v) is 10.0. The van der Waals surface area contributed by atoms with Crippen molar-refractivity contribution in [3.63, 3.8) is 0 Å². The van der Waals surface area contributed by atoms with Crippen LogP contribution in [-0.4, -0.2) is 29.4 Å². The van der Waals surface area contributed by atoms with Gasteiger partial charge in [0.25, 0.3) is 0 Å². The number of nitrogens with zero attached hydrogens (tertiary/aromatic N) is 1. The monoisotopic (exact) mass is 432 g/mol. The number of rotatable bonds is 7. The van der Waals surface area contributed by atoms with E-state index in [1.54, 1.807) is 11.3 Å². The highest BCUT2D eigenvalue weighted by atomic mass is 35.5. The maximum atomic E-state index is 12.0. The number of thiazole rings is 1. The predicted molar refractivity (Wildman–Crippen MR) is 121 cm³/mol. The first kappa shape index (κ1) is 22.8. The van der Waals surface area contributed by atoms with Crippen LogP contribution in [-0.2, 0) is 16.0 Å². The Kier molecular flexibility index (Phi) is 8.13. The van der Waals surface area contributed by atoms with E-state index in [0.717, 1.165) is 22.5 Å². The fourth-order valence-corrected chi connectivity index (χ4v) is 3.67. The van der Waals surface area contributed by atoms with E-state index in [1.165, 1.54) is 4.70 Å². The van der Waals surface area contributed by atoms with E-state index >= 15 is 0 Å². The molecule has 0 bridgehead atoms. The standard InChI is InChI=1S/C21H24N4O2S.ClH/c1-13(2)20(22)21(27)23-12-18(26)24-15-9-7-14(8-10-15)11-19-25-16-5-3-4-6-17(16)28-19;/h3-10,13,20H,11-12,22H2,1-2H3,(H,23,27)(H,24,26);1H/t20-;/m0./s1. The Morgan fingerprint density at radius 3 is 2.45 bits per heavy atom. The lowest BCUT2D eigenvalue weighted by Crippen LogP contribution is -2.46. The molecule has 0 saturated heterocycles. The van der Waals surface area contributed by atoms with Gasteiger partial charge in [-0.1, -0.05) is 38.1 Å². The lowest BCUT2D eigenvalue weighted by molar-refractivity contribution is -0.125. The Bertz CT molecular complexity index is 939. The summed E-state index contributed by atoms with van der Waals surface area (Å²) in [7, 11) is 0. The third-order valence-corrected chi connectivity index (χ3v) is 5.41. The molecule has 6 nitrogen and oxygen atoms in total. The molecule has 3 rings (SSSR count). The molecule has 8 heteroatoms. The second kappa shape index (κ2) is 10.3. The van der Waals surface area contributed by atoms with Crippen LogP contribution in [0.25, 0.3) is 10.2 Å². The predicted octanol–water partition coefficient (Wildman–Crippen LogP) is 3.35. The Morgan fingerprint density at radius 1 is 1.10 bits per heavy atom. The van der Waals surface area contributed by atoms with Gasteiger partial charge in [0.05, 0.1) is 27.8 Å². The second-order valence-corrected chi connectivity index (χ2v) is 8.10. The average molecular weight is 433 g/mol. The molecule has 0 radical (unpaired) electrons. The largest absolute Gasteiger partial charge is 0.346 e. The number of amides is 2. The number of nitrogens with two attached hydrogens (primary N) is 1. The number of nitrogens with one attached hydrogen (secondary N) is 2. The van der Waals surface area contributed by atoms with Gasteiger partial charge in [0.1, 0.15) is 0 Å². The van der Waals surface area contributed by atoms with Gasteiger partial charge < -0.3 is 16.4 Å². The van der Waals surface area contributed by atoms with E-state index in [-0.39, 0.29) is 36.7 Å². The molecular formula is C21H25ClN4O2S. The summed E-state index contributed by atoms with van der Waals surface area (Å²) < 4.78 is 1.18. The highest BCUT2D eigenvalue weighted by Gasteiger charge is 2.17. The van der Waals surface area contributed by atoms with E-state index < -0.39 is 6.04 Å². The van der Waals surface area contributed by atoms with Crippen molar-refractivity contribution in [3.05, 3.63) is 59.1 Å². The zero-order valence-electron chi connectivity index (χ0n) is 16.3. The van der Waals surface area contributed by atoms with Crippen LogP contribution in [0.5, 0.6) is 0 Å². The summed E-state index contributed by atoms with van der Waals surface area (Å²) in [6.07, 6.45) is 0.747. The van der Waals surface area contributed by atoms with E-state index in [0.29, 0.717) is 5.69 Å². The number of hydrogen-bond acceptors (Lipinski definition) is 5. The molecule has 0 fully saturated rings. The van der Waals surface area contributed by atoms with Crippen molar-refractivity contribution in [1.29, 1.82) is 0 Å². The van der Waals surface area contributed by atoms with Crippen LogP contribution in [0.1, 0.15) is 24.4 Å². The zero-order chi connectivity index (χ0) is 20.1. The van der Waals surface area contributed by atoms with Crippen molar-refractivity contribution in [2.75, 3.05) is 11.9 Å². The van der Waals surface area contributed by atoms with Crippen LogP contribution < -0.4 is 16.4 Å². The molecule has 29 heavy (non-hydrogen) atoms. The van der Waals surface area contributed by atoms with Crippen LogP contribution in [0.2, 0.25) is 0 Å². The van der Waals surface area contributed by atoms with Gasteiger partial charge in [-0.3, -0.25) is 9.59 Å². The second-order valence-electron chi connectivity index (χ2n) is 6.98. The molecule has 1 heterocycles. The highest BCUT2D eigenvalue weighted by Crippen LogP contribution is 2.24. The molecule has 0 spiro atoms. The molecule has 0 aliphatic carbocycles. The normalized spacial score (nSPS) is 11.7. The molecule has 4 N–H and O–H groups in total. The van der Waals surface area contributed by atoms with Crippen molar-refractivity contribution in [2.24, 2.45) is 11.7 Å². The molecule has 0 aliphatic rings. The lowest BCUT2D eigenvalue weighted by atomic mass is 10.1. The first-order chi connectivity index (χ1) is 13.4. The summed E-state index contributed by atoms with van der Waals surface area (Å²) in [5.74, 6) is -0.592.